The molecule has 0 fully saturated rings. The van der Waals surface area contributed by atoms with Crippen LogP contribution in [0.5, 0.6) is 0 Å². The van der Waals surface area contributed by atoms with Crippen LogP contribution in [0, 0.1) is 0 Å². The molecule has 0 unspecified atom stereocenters. The predicted molar refractivity (Wildman–Crippen MR) is 230 cm³/mol. The molecule has 12 aromatic rings. The Balaban J connectivity index is 0.984. The van der Waals surface area contributed by atoms with Crippen molar-refractivity contribution < 1.29 is 8.83 Å². The maximum absolute atomic E-state index is 6.76. The van der Waals surface area contributed by atoms with Crippen LogP contribution in [-0.2, 0) is 0 Å². The van der Waals surface area contributed by atoms with E-state index in [1.54, 1.807) is 0 Å². The minimum absolute atomic E-state index is 0.586. The van der Waals surface area contributed by atoms with E-state index in [2.05, 4.69) is 120 Å². The summed E-state index contributed by atoms with van der Waals surface area (Å²) in [6, 6.07) is 62.7. The van der Waals surface area contributed by atoms with Crippen LogP contribution in [0.3, 0.4) is 0 Å². The molecule has 0 atom stereocenters. The SMILES string of the molecule is c1ccc(-c2nc(-c3ccccc3)nc(-c3ccc4c(c3)oc3c(-c5ccc6oc7ccc(-n8c9ccccc9c9ccccc98)cc7c6c5)cccc34)n2)cc1. The highest BCUT2D eigenvalue weighted by molar-refractivity contribution is 6.13. The van der Waals surface area contributed by atoms with Gasteiger partial charge in [-0.05, 0) is 60.2 Å². The van der Waals surface area contributed by atoms with Gasteiger partial charge in [-0.25, -0.2) is 15.0 Å². The minimum Gasteiger partial charge on any atom is -0.456 e. The number of fused-ring (bicyclic) bond motifs is 9. The summed E-state index contributed by atoms with van der Waals surface area (Å²) in [7, 11) is 0. The summed E-state index contributed by atoms with van der Waals surface area (Å²) in [4.78, 5) is 14.8. The van der Waals surface area contributed by atoms with Gasteiger partial charge < -0.3 is 13.4 Å². The second kappa shape index (κ2) is 12.3. The summed E-state index contributed by atoms with van der Waals surface area (Å²) in [6.45, 7) is 0. The van der Waals surface area contributed by atoms with Gasteiger partial charge in [0.1, 0.15) is 22.3 Å². The number of hydrogen-bond acceptors (Lipinski definition) is 5. The van der Waals surface area contributed by atoms with Gasteiger partial charge in [-0.2, -0.15) is 0 Å². The highest BCUT2D eigenvalue weighted by Gasteiger charge is 2.18. The number of hydrogen-bond donors (Lipinski definition) is 0. The van der Waals surface area contributed by atoms with Crippen LogP contribution in [-0.4, -0.2) is 19.5 Å². The molecule has 266 valence electrons. The third kappa shape index (κ3) is 5.01. The van der Waals surface area contributed by atoms with Gasteiger partial charge in [-0.15, -0.1) is 0 Å². The number of aromatic nitrogens is 4. The van der Waals surface area contributed by atoms with Crippen molar-refractivity contribution >= 4 is 65.7 Å². The number of furan rings is 2. The van der Waals surface area contributed by atoms with Crippen LogP contribution in [0.25, 0.3) is 117 Å². The molecule has 0 radical (unpaired) electrons. The quantitative estimate of drug-likeness (QED) is 0.176. The highest BCUT2D eigenvalue weighted by atomic mass is 16.3. The average Bonchev–Trinajstić information content (AvgIpc) is 3.95. The topological polar surface area (TPSA) is 69.9 Å². The Morgan fingerprint density at radius 3 is 1.58 bits per heavy atom. The Morgan fingerprint density at radius 2 is 0.895 bits per heavy atom. The highest BCUT2D eigenvalue weighted by Crippen LogP contribution is 2.41. The van der Waals surface area contributed by atoms with E-state index < -0.39 is 0 Å². The smallest absolute Gasteiger partial charge is 0.164 e. The van der Waals surface area contributed by atoms with Gasteiger partial charge in [0.2, 0.25) is 0 Å². The Labute approximate surface area is 325 Å². The fourth-order valence-electron chi connectivity index (χ4n) is 8.38. The van der Waals surface area contributed by atoms with Gasteiger partial charge in [0.15, 0.2) is 17.5 Å². The summed E-state index contributed by atoms with van der Waals surface area (Å²) in [5, 5.41) is 6.67. The third-order valence-electron chi connectivity index (χ3n) is 11.1. The van der Waals surface area contributed by atoms with Crippen LogP contribution in [0.15, 0.2) is 191 Å². The first-order valence-electron chi connectivity index (χ1n) is 19.0. The Morgan fingerprint density at radius 1 is 0.333 bits per heavy atom. The van der Waals surface area contributed by atoms with Crippen LogP contribution in [0.1, 0.15) is 0 Å². The van der Waals surface area contributed by atoms with Crippen molar-refractivity contribution in [2.24, 2.45) is 0 Å². The molecule has 4 aromatic heterocycles. The molecule has 0 aliphatic heterocycles. The molecule has 6 heteroatoms. The van der Waals surface area contributed by atoms with E-state index in [1.807, 2.05) is 66.7 Å². The molecule has 4 heterocycles. The normalized spacial score (nSPS) is 11.9. The predicted octanol–water partition coefficient (Wildman–Crippen LogP) is 13.4. The van der Waals surface area contributed by atoms with Crippen LogP contribution in [0.4, 0.5) is 0 Å². The van der Waals surface area contributed by atoms with E-state index in [9.17, 15) is 0 Å². The lowest BCUT2D eigenvalue weighted by Crippen LogP contribution is -2.00. The molecular formula is C51H30N4O2. The number of nitrogens with zero attached hydrogens (tertiary/aromatic N) is 4. The van der Waals surface area contributed by atoms with Crippen molar-refractivity contribution in [2.75, 3.05) is 0 Å². The van der Waals surface area contributed by atoms with Gasteiger partial charge in [0.25, 0.3) is 0 Å². The Kier molecular flexibility index (Phi) is 6.83. The lowest BCUT2D eigenvalue weighted by molar-refractivity contribution is 0.668. The first-order valence-corrected chi connectivity index (χ1v) is 19.0. The van der Waals surface area contributed by atoms with Crippen LogP contribution < -0.4 is 0 Å². The van der Waals surface area contributed by atoms with E-state index in [0.29, 0.717) is 17.5 Å². The Hall–Kier alpha value is -7.83. The maximum atomic E-state index is 6.76. The fraction of sp³-hybridized carbons (Fsp3) is 0. The largest absolute Gasteiger partial charge is 0.456 e. The number of rotatable bonds is 5. The van der Waals surface area contributed by atoms with E-state index in [-0.39, 0.29) is 0 Å². The molecule has 0 spiro atoms. The molecule has 0 N–H and O–H groups in total. The first kappa shape index (κ1) is 31.5. The minimum atomic E-state index is 0.586. The number of para-hydroxylation sites is 3. The summed E-state index contributed by atoms with van der Waals surface area (Å²) in [5.74, 6) is 1.83. The second-order valence-electron chi connectivity index (χ2n) is 14.4. The molecule has 0 amide bonds. The van der Waals surface area contributed by atoms with E-state index >= 15 is 0 Å². The zero-order chi connectivity index (χ0) is 37.5. The number of benzene rings is 8. The van der Waals surface area contributed by atoms with Crippen molar-refractivity contribution in [1.82, 2.24) is 19.5 Å². The molecule has 12 rings (SSSR count). The summed E-state index contributed by atoms with van der Waals surface area (Å²) >= 11 is 0. The van der Waals surface area contributed by atoms with Crippen molar-refractivity contribution in [3.63, 3.8) is 0 Å². The summed E-state index contributed by atoms with van der Waals surface area (Å²) in [5.41, 5.74) is 11.5. The van der Waals surface area contributed by atoms with Crippen LogP contribution in [0.2, 0.25) is 0 Å². The first-order chi connectivity index (χ1) is 28.2. The van der Waals surface area contributed by atoms with Gasteiger partial charge in [-0.3, -0.25) is 0 Å². The molecule has 6 nitrogen and oxygen atoms in total. The summed E-state index contributed by atoms with van der Waals surface area (Å²) in [6.07, 6.45) is 0. The molecule has 0 saturated carbocycles. The van der Waals surface area contributed by atoms with Crippen LogP contribution >= 0.6 is 0 Å². The third-order valence-corrected chi connectivity index (χ3v) is 11.1. The van der Waals surface area contributed by atoms with E-state index in [1.165, 1.54) is 21.8 Å². The van der Waals surface area contributed by atoms with Crippen molar-refractivity contribution in [2.45, 2.75) is 0 Å². The fourth-order valence-corrected chi connectivity index (χ4v) is 8.38. The standard InChI is InChI=1S/C51H30N4O2/c1-3-12-31(13-4-1)49-52-50(32-14-5-2-6-15-32)54-51(53-49)34-22-25-39-40-19-11-18-36(48(40)57-47(39)29-34)33-23-26-45-41(28-33)42-30-35(24-27-46(42)56-45)55-43-20-9-7-16-37(43)38-17-8-10-21-44(38)55/h1-30H. The van der Waals surface area contributed by atoms with Gasteiger partial charge in [-0.1, -0.05) is 127 Å². The van der Waals surface area contributed by atoms with Crippen molar-refractivity contribution in [1.29, 1.82) is 0 Å². The zero-order valence-electron chi connectivity index (χ0n) is 30.4. The maximum Gasteiger partial charge on any atom is 0.164 e. The van der Waals surface area contributed by atoms with Gasteiger partial charge in [0, 0.05) is 60.3 Å². The molecule has 0 bridgehead atoms. The van der Waals surface area contributed by atoms with Gasteiger partial charge in [0.05, 0.1) is 11.0 Å². The van der Waals surface area contributed by atoms with Gasteiger partial charge >= 0.3 is 0 Å². The molecule has 0 aliphatic carbocycles. The second-order valence-corrected chi connectivity index (χ2v) is 14.4. The summed E-state index contributed by atoms with van der Waals surface area (Å²) < 4.78 is 15.5. The molecule has 57 heavy (non-hydrogen) atoms. The Bertz CT molecular complexity index is 3410. The van der Waals surface area contributed by atoms with E-state index in [4.69, 9.17) is 23.8 Å². The molecule has 8 aromatic carbocycles. The molecule has 0 saturated heterocycles. The van der Waals surface area contributed by atoms with Crippen molar-refractivity contribution in [3.8, 4) is 51.0 Å². The lowest BCUT2D eigenvalue weighted by Gasteiger charge is -2.08. The van der Waals surface area contributed by atoms with Crippen molar-refractivity contribution in [3.05, 3.63) is 182 Å². The molecular weight excluding hydrogens is 701 g/mol. The zero-order valence-corrected chi connectivity index (χ0v) is 30.4. The average molecular weight is 731 g/mol. The molecule has 0 aliphatic rings. The lowest BCUT2D eigenvalue weighted by atomic mass is 10.00. The van der Waals surface area contributed by atoms with E-state index in [0.717, 1.165) is 77.4 Å². The monoisotopic (exact) mass is 730 g/mol.